The molecule has 0 spiro atoms. The van der Waals surface area contributed by atoms with Crippen molar-refractivity contribution in [3.05, 3.63) is 91.4 Å². The molecule has 0 aliphatic rings. The minimum atomic E-state index is -5.00. The number of hydrogen-bond donors (Lipinski definition) is 3. The van der Waals surface area contributed by atoms with Gasteiger partial charge in [-0.2, -0.15) is 8.42 Å². The molecule has 0 aromatic heterocycles. The number of halogens is 4. The van der Waals surface area contributed by atoms with Crippen LogP contribution in [0, 0.1) is 0 Å². The summed E-state index contributed by atoms with van der Waals surface area (Å²) in [7, 11) is -5.00. The average Bonchev–Trinajstić information content (AvgIpc) is 2.63. The van der Waals surface area contributed by atoms with E-state index in [2.05, 4.69) is 0 Å². The summed E-state index contributed by atoms with van der Waals surface area (Å²) in [6, 6.07) is 11.6. The molecule has 1 atom stereocenters. The number of phenolic OH excluding ortho intramolecular Hbond substituents is 2. The topological polar surface area (TPSA) is 94.8 Å². The van der Waals surface area contributed by atoms with Crippen LogP contribution in [0.5, 0.6) is 11.5 Å². The van der Waals surface area contributed by atoms with Gasteiger partial charge in [0.15, 0.2) is 16.2 Å². The summed E-state index contributed by atoms with van der Waals surface area (Å²) >= 11 is 24.3. The third kappa shape index (κ3) is 3.77. The quantitative estimate of drug-likeness (QED) is 0.239. The fourth-order valence-corrected chi connectivity index (χ4v) is 5.22. The predicted molar refractivity (Wildman–Crippen MR) is 114 cm³/mol. The lowest BCUT2D eigenvalue weighted by Gasteiger charge is -2.33. The van der Waals surface area contributed by atoms with Crippen molar-refractivity contribution in [1.82, 2.24) is 0 Å². The zero-order valence-electron chi connectivity index (χ0n) is 14.3. The Kier molecular flexibility index (Phi) is 5.98. The Morgan fingerprint density at radius 2 is 1.24 bits per heavy atom. The van der Waals surface area contributed by atoms with Gasteiger partial charge in [0, 0.05) is 16.7 Å². The number of hydrogen-bond acceptors (Lipinski definition) is 4. The van der Waals surface area contributed by atoms with Crippen LogP contribution >= 0.6 is 46.4 Å². The van der Waals surface area contributed by atoms with Gasteiger partial charge in [0.05, 0.1) is 15.1 Å². The molecule has 3 aromatic carbocycles. The molecule has 0 aliphatic carbocycles. The molecule has 0 saturated carbocycles. The van der Waals surface area contributed by atoms with E-state index in [0.29, 0.717) is 5.02 Å². The number of benzene rings is 3. The molecular formula is C19H12Cl4O5S. The van der Waals surface area contributed by atoms with Crippen LogP contribution in [0.25, 0.3) is 0 Å². The smallest absolute Gasteiger partial charge is 0.283 e. The lowest BCUT2D eigenvalue weighted by Crippen LogP contribution is -2.38. The first-order chi connectivity index (χ1) is 13.5. The van der Waals surface area contributed by atoms with Crippen molar-refractivity contribution in [2.75, 3.05) is 0 Å². The van der Waals surface area contributed by atoms with E-state index >= 15 is 0 Å². The SMILES string of the molecule is O=S(=O)(O)C(c1ccc(Cl)cc1)(c1ccc(Cl)c(Cl)c1)c1cc(O)c(O)cc1Cl. The summed E-state index contributed by atoms with van der Waals surface area (Å²) in [5.41, 5.74) is -0.142. The third-order valence-electron chi connectivity index (χ3n) is 4.41. The standard InChI is InChI=1S/C19H12Cl4O5S/c20-12-4-1-10(2-5-12)19(29(26,27)28,11-3-6-14(21)16(23)7-11)13-8-17(24)18(25)9-15(13)22/h1-9,24-25H,(H,26,27,28). The Bertz CT molecular complexity index is 1200. The highest BCUT2D eigenvalue weighted by Gasteiger charge is 2.50. The molecule has 0 heterocycles. The van der Waals surface area contributed by atoms with Crippen LogP contribution in [0.4, 0.5) is 0 Å². The van der Waals surface area contributed by atoms with Crippen LogP contribution in [0.1, 0.15) is 16.7 Å². The maximum atomic E-state index is 12.9. The second-order valence-electron chi connectivity index (χ2n) is 6.11. The third-order valence-corrected chi connectivity index (χ3v) is 7.18. The molecule has 0 amide bonds. The molecule has 0 radical (unpaired) electrons. The van der Waals surface area contributed by atoms with Crippen molar-refractivity contribution in [2.45, 2.75) is 4.75 Å². The predicted octanol–water partition coefficient (Wildman–Crippen LogP) is 5.89. The highest BCUT2D eigenvalue weighted by molar-refractivity contribution is 7.87. The molecule has 0 bridgehead atoms. The maximum Gasteiger partial charge on any atom is 0.283 e. The molecule has 3 rings (SSSR count). The second kappa shape index (κ2) is 7.87. The summed E-state index contributed by atoms with van der Waals surface area (Å²) < 4.78 is 34.0. The summed E-state index contributed by atoms with van der Waals surface area (Å²) in [6.07, 6.45) is 0. The largest absolute Gasteiger partial charge is 0.504 e. The van der Waals surface area contributed by atoms with E-state index in [1.807, 2.05) is 0 Å². The highest BCUT2D eigenvalue weighted by atomic mass is 35.5. The maximum absolute atomic E-state index is 12.9. The summed E-state index contributed by atoms with van der Waals surface area (Å²) in [5.74, 6) is -1.19. The fourth-order valence-electron chi connectivity index (χ4n) is 3.14. The van der Waals surface area contributed by atoms with Gasteiger partial charge >= 0.3 is 0 Å². The molecular weight excluding hydrogens is 482 g/mol. The van der Waals surface area contributed by atoms with Crippen molar-refractivity contribution in [2.24, 2.45) is 0 Å². The van der Waals surface area contributed by atoms with Gasteiger partial charge in [-0.1, -0.05) is 64.6 Å². The van der Waals surface area contributed by atoms with Gasteiger partial charge < -0.3 is 10.2 Å². The Morgan fingerprint density at radius 3 is 1.79 bits per heavy atom. The Balaban J connectivity index is 2.56. The Labute approximate surface area is 186 Å². The first kappa shape index (κ1) is 22.0. The molecule has 3 aromatic rings. The van der Waals surface area contributed by atoms with Crippen molar-refractivity contribution < 1.29 is 23.2 Å². The van der Waals surface area contributed by atoms with Gasteiger partial charge in [0.25, 0.3) is 10.1 Å². The Hall–Kier alpha value is -1.67. The van der Waals surface area contributed by atoms with Gasteiger partial charge in [-0.25, -0.2) is 0 Å². The summed E-state index contributed by atoms with van der Waals surface area (Å²) in [5, 5.41) is 20.1. The van der Waals surface area contributed by atoms with Crippen LogP contribution in [-0.2, 0) is 14.9 Å². The van der Waals surface area contributed by atoms with E-state index in [-0.39, 0.29) is 31.8 Å². The van der Waals surface area contributed by atoms with E-state index in [0.717, 1.165) is 12.1 Å². The molecule has 0 fully saturated rings. The first-order valence-electron chi connectivity index (χ1n) is 7.89. The van der Waals surface area contributed by atoms with Gasteiger partial charge in [-0.15, -0.1) is 0 Å². The highest BCUT2D eigenvalue weighted by Crippen LogP contribution is 2.49. The zero-order valence-corrected chi connectivity index (χ0v) is 18.1. The lowest BCUT2D eigenvalue weighted by atomic mass is 9.83. The lowest BCUT2D eigenvalue weighted by molar-refractivity contribution is 0.402. The van der Waals surface area contributed by atoms with E-state index in [1.165, 1.54) is 42.5 Å². The monoisotopic (exact) mass is 492 g/mol. The molecule has 0 aliphatic heterocycles. The first-order valence-corrected chi connectivity index (χ1v) is 10.8. The van der Waals surface area contributed by atoms with Crippen molar-refractivity contribution in [3.63, 3.8) is 0 Å². The van der Waals surface area contributed by atoms with Crippen molar-refractivity contribution >= 4 is 56.5 Å². The molecule has 5 nitrogen and oxygen atoms in total. The second-order valence-corrected chi connectivity index (χ2v) is 9.33. The van der Waals surface area contributed by atoms with E-state index in [4.69, 9.17) is 46.4 Å². The molecule has 0 saturated heterocycles. The van der Waals surface area contributed by atoms with Crippen LogP contribution in [0.15, 0.2) is 54.6 Å². The Morgan fingerprint density at radius 1 is 0.690 bits per heavy atom. The minimum Gasteiger partial charge on any atom is -0.504 e. The minimum absolute atomic E-state index is 0.00344. The van der Waals surface area contributed by atoms with E-state index in [9.17, 15) is 23.2 Å². The van der Waals surface area contributed by atoms with Gasteiger partial charge in [0.1, 0.15) is 0 Å². The van der Waals surface area contributed by atoms with Gasteiger partial charge in [-0.05, 0) is 41.5 Å². The summed E-state index contributed by atoms with van der Waals surface area (Å²) in [4.78, 5) is 0. The molecule has 3 N–H and O–H groups in total. The number of rotatable bonds is 4. The average molecular weight is 494 g/mol. The number of phenols is 2. The van der Waals surface area contributed by atoms with E-state index < -0.39 is 26.4 Å². The zero-order chi connectivity index (χ0) is 21.6. The van der Waals surface area contributed by atoms with E-state index in [1.54, 1.807) is 0 Å². The molecule has 29 heavy (non-hydrogen) atoms. The number of aromatic hydroxyl groups is 2. The van der Waals surface area contributed by atoms with Crippen LogP contribution in [0.2, 0.25) is 20.1 Å². The van der Waals surface area contributed by atoms with Gasteiger partial charge in [0.2, 0.25) is 0 Å². The fraction of sp³-hybridized carbons (Fsp3) is 0.0526. The molecule has 152 valence electrons. The summed E-state index contributed by atoms with van der Waals surface area (Å²) in [6.45, 7) is 0. The normalized spacial score (nSPS) is 13.8. The van der Waals surface area contributed by atoms with Crippen LogP contribution < -0.4 is 0 Å². The molecule has 1 unspecified atom stereocenters. The van der Waals surface area contributed by atoms with Crippen molar-refractivity contribution in [1.29, 1.82) is 0 Å². The van der Waals surface area contributed by atoms with Gasteiger partial charge in [-0.3, -0.25) is 4.55 Å². The van der Waals surface area contributed by atoms with Crippen LogP contribution in [0.3, 0.4) is 0 Å². The van der Waals surface area contributed by atoms with Crippen LogP contribution in [-0.4, -0.2) is 23.2 Å². The van der Waals surface area contributed by atoms with Crippen molar-refractivity contribution in [3.8, 4) is 11.5 Å². The molecule has 10 heteroatoms.